The molecule has 0 spiro atoms. The van der Waals surface area contributed by atoms with E-state index in [1.165, 1.54) is 6.07 Å². The lowest BCUT2D eigenvalue weighted by molar-refractivity contribution is -0.385. The van der Waals surface area contributed by atoms with Crippen molar-refractivity contribution in [1.82, 2.24) is 15.3 Å². The van der Waals surface area contributed by atoms with Gasteiger partial charge in [0.25, 0.3) is 11.6 Å². The smallest absolute Gasteiger partial charge is 0.304 e. The summed E-state index contributed by atoms with van der Waals surface area (Å²) < 4.78 is 0. The molecule has 0 bridgehead atoms. The van der Waals surface area contributed by atoms with E-state index in [1.807, 2.05) is 0 Å². The lowest BCUT2D eigenvalue weighted by atomic mass is 10.2. The lowest BCUT2D eigenvalue weighted by Crippen LogP contribution is -2.24. The molecule has 0 radical (unpaired) electrons. The van der Waals surface area contributed by atoms with Crippen molar-refractivity contribution in [2.75, 3.05) is 12.4 Å². The Morgan fingerprint density at radius 3 is 2.90 bits per heavy atom. The first kappa shape index (κ1) is 14.7. The Labute approximate surface area is 122 Å². The largest absolute Gasteiger partial charge is 0.373 e. The molecule has 3 N–H and O–H groups in total. The van der Waals surface area contributed by atoms with Crippen molar-refractivity contribution in [3.63, 3.8) is 0 Å². The average Bonchev–Trinajstić information content (AvgIpc) is 2.89. The highest BCUT2D eigenvalue weighted by Gasteiger charge is 2.21. The number of carbonyl (C=O) groups excluding carboxylic acids is 1. The molecule has 0 atom stereocenters. The van der Waals surface area contributed by atoms with Crippen molar-refractivity contribution in [2.24, 2.45) is 0 Å². The molecule has 0 fully saturated rings. The molecular formula is C11H11N5O4S. The topological polar surface area (TPSA) is 130 Å². The SMILES string of the molecule is CNc1cc(C(=O)NCc2csc(=O)[nH]2)c([N+](=O)[O-])cn1. The summed E-state index contributed by atoms with van der Waals surface area (Å²) in [6.07, 6.45) is 1.02. The zero-order valence-electron chi connectivity index (χ0n) is 10.9. The van der Waals surface area contributed by atoms with Gasteiger partial charge in [-0.2, -0.15) is 0 Å². The van der Waals surface area contributed by atoms with E-state index < -0.39 is 10.8 Å². The highest BCUT2D eigenvalue weighted by atomic mass is 32.1. The fourth-order valence-corrected chi connectivity index (χ4v) is 2.17. The number of aromatic nitrogens is 2. The number of H-pyrrole nitrogens is 1. The van der Waals surface area contributed by atoms with Gasteiger partial charge < -0.3 is 15.6 Å². The fourth-order valence-electron chi connectivity index (χ4n) is 1.58. The Hall–Kier alpha value is -2.75. The monoisotopic (exact) mass is 309 g/mol. The van der Waals surface area contributed by atoms with Gasteiger partial charge in [0.05, 0.1) is 11.5 Å². The average molecular weight is 309 g/mol. The number of nitrogens with zero attached hydrogens (tertiary/aromatic N) is 2. The summed E-state index contributed by atoms with van der Waals surface area (Å²) in [6, 6.07) is 1.30. The number of nitro groups is 1. The third-order valence-electron chi connectivity index (χ3n) is 2.59. The molecule has 0 saturated carbocycles. The van der Waals surface area contributed by atoms with E-state index in [9.17, 15) is 19.7 Å². The first-order valence-corrected chi connectivity index (χ1v) is 6.66. The molecule has 2 rings (SSSR count). The number of hydrogen-bond acceptors (Lipinski definition) is 7. The normalized spacial score (nSPS) is 10.1. The lowest BCUT2D eigenvalue weighted by Gasteiger charge is -2.06. The third-order valence-corrected chi connectivity index (χ3v) is 3.31. The summed E-state index contributed by atoms with van der Waals surface area (Å²) in [6.45, 7) is 0.0753. The van der Waals surface area contributed by atoms with Crippen LogP contribution in [-0.2, 0) is 6.54 Å². The highest BCUT2D eigenvalue weighted by Crippen LogP contribution is 2.20. The maximum atomic E-state index is 12.1. The minimum Gasteiger partial charge on any atom is -0.373 e. The van der Waals surface area contributed by atoms with Gasteiger partial charge in [-0.25, -0.2) is 4.98 Å². The summed E-state index contributed by atoms with van der Waals surface area (Å²) >= 11 is 0.975. The summed E-state index contributed by atoms with van der Waals surface area (Å²) in [5.41, 5.74) is 0.0473. The van der Waals surface area contributed by atoms with E-state index in [-0.39, 0.29) is 22.7 Å². The van der Waals surface area contributed by atoms with Gasteiger partial charge in [0.15, 0.2) is 0 Å². The predicted molar refractivity (Wildman–Crippen MR) is 76.5 cm³/mol. The van der Waals surface area contributed by atoms with E-state index in [0.717, 1.165) is 17.5 Å². The number of nitrogens with one attached hydrogen (secondary N) is 3. The summed E-state index contributed by atoms with van der Waals surface area (Å²) in [7, 11) is 1.59. The van der Waals surface area contributed by atoms with Crippen molar-refractivity contribution in [3.05, 3.63) is 48.7 Å². The Morgan fingerprint density at radius 1 is 1.57 bits per heavy atom. The van der Waals surface area contributed by atoms with Gasteiger partial charge in [0, 0.05) is 24.2 Å². The number of aromatic amines is 1. The van der Waals surface area contributed by atoms with Gasteiger partial charge >= 0.3 is 4.87 Å². The van der Waals surface area contributed by atoms with Crippen LogP contribution in [0.25, 0.3) is 0 Å². The second-order valence-corrected chi connectivity index (χ2v) is 4.79. The molecule has 2 heterocycles. The molecule has 0 saturated heterocycles. The zero-order valence-corrected chi connectivity index (χ0v) is 11.7. The second-order valence-electron chi connectivity index (χ2n) is 3.95. The van der Waals surface area contributed by atoms with Crippen molar-refractivity contribution in [1.29, 1.82) is 0 Å². The Bertz CT molecular complexity index is 738. The van der Waals surface area contributed by atoms with Crippen LogP contribution < -0.4 is 15.5 Å². The fraction of sp³-hybridized carbons (Fsp3) is 0.182. The Morgan fingerprint density at radius 2 is 2.33 bits per heavy atom. The minimum atomic E-state index is -0.673. The van der Waals surface area contributed by atoms with Crippen LogP contribution in [0.4, 0.5) is 11.5 Å². The number of amides is 1. The van der Waals surface area contributed by atoms with Crippen LogP contribution in [0.15, 0.2) is 22.4 Å². The summed E-state index contributed by atoms with van der Waals surface area (Å²) in [5.74, 6) is -0.276. The first-order valence-electron chi connectivity index (χ1n) is 5.78. The van der Waals surface area contributed by atoms with E-state index in [4.69, 9.17) is 0 Å². The standard InChI is InChI=1S/C11H11N5O4S/c1-12-9-2-7(8(4-13-9)16(19)20)10(17)14-3-6-5-21-11(18)15-6/h2,4-5H,3H2,1H3,(H,12,13)(H,14,17)(H,15,18). The van der Waals surface area contributed by atoms with Gasteiger partial charge in [-0.3, -0.25) is 19.7 Å². The van der Waals surface area contributed by atoms with E-state index in [1.54, 1.807) is 12.4 Å². The molecule has 10 heteroatoms. The highest BCUT2D eigenvalue weighted by molar-refractivity contribution is 7.07. The molecule has 2 aromatic rings. The molecule has 2 aromatic heterocycles. The molecule has 0 unspecified atom stereocenters. The molecule has 21 heavy (non-hydrogen) atoms. The van der Waals surface area contributed by atoms with E-state index in [2.05, 4.69) is 20.6 Å². The number of pyridine rings is 1. The van der Waals surface area contributed by atoms with Crippen LogP contribution in [-0.4, -0.2) is 27.8 Å². The van der Waals surface area contributed by atoms with Crippen LogP contribution in [0.2, 0.25) is 0 Å². The number of rotatable bonds is 5. The van der Waals surface area contributed by atoms with E-state index >= 15 is 0 Å². The molecule has 0 aliphatic rings. The van der Waals surface area contributed by atoms with Crippen molar-refractivity contribution in [2.45, 2.75) is 6.54 Å². The van der Waals surface area contributed by atoms with Gasteiger partial charge in [0.2, 0.25) is 0 Å². The zero-order chi connectivity index (χ0) is 15.4. The molecule has 0 aromatic carbocycles. The number of anilines is 1. The second kappa shape index (κ2) is 6.13. The predicted octanol–water partition coefficient (Wildman–Crippen LogP) is 0.711. The molecule has 0 aliphatic carbocycles. The molecule has 1 amide bonds. The third kappa shape index (κ3) is 3.42. The minimum absolute atomic E-state index is 0.0753. The van der Waals surface area contributed by atoms with Gasteiger partial charge in [0.1, 0.15) is 17.6 Å². The van der Waals surface area contributed by atoms with Crippen LogP contribution in [0, 0.1) is 10.1 Å². The maximum absolute atomic E-state index is 12.1. The van der Waals surface area contributed by atoms with Crippen LogP contribution in [0.3, 0.4) is 0 Å². The molecule has 0 aliphatic heterocycles. The van der Waals surface area contributed by atoms with Crippen molar-refractivity contribution < 1.29 is 9.72 Å². The molecule has 110 valence electrons. The van der Waals surface area contributed by atoms with E-state index in [0.29, 0.717) is 11.5 Å². The maximum Gasteiger partial charge on any atom is 0.304 e. The van der Waals surface area contributed by atoms with Crippen LogP contribution in [0.5, 0.6) is 0 Å². The quantitative estimate of drug-likeness (QED) is 0.551. The first-order chi connectivity index (χ1) is 10.0. The van der Waals surface area contributed by atoms with Gasteiger partial charge in [-0.05, 0) is 0 Å². The Balaban J connectivity index is 2.20. The molecule has 9 nitrogen and oxygen atoms in total. The van der Waals surface area contributed by atoms with Crippen molar-refractivity contribution >= 4 is 28.7 Å². The molecular weight excluding hydrogens is 298 g/mol. The summed E-state index contributed by atoms with van der Waals surface area (Å²) in [5, 5.41) is 17.7. The summed E-state index contributed by atoms with van der Waals surface area (Å²) in [4.78, 5) is 39.4. The Kier molecular flexibility index (Phi) is 4.28. The number of carbonyl (C=O) groups is 1. The van der Waals surface area contributed by atoms with Crippen LogP contribution in [0.1, 0.15) is 16.1 Å². The van der Waals surface area contributed by atoms with Gasteiger partial charge in [-0.1, -0.05) is 11.3 Å². The van der Waals surface area contributed by atoms with Crippen molar-refractivity contribution in [3.8, 4) is 0 Å². The number of thiazole rings is 1. The van der Waals surface area contributed by atoms with Gasteiger partial charge in [-0.15, -0.1) is 0 Å². The number of hydrogen-bond donors (Lipinski definition) is 3. The van der Waals surface area contributed by atoms with Crippen LogP contribution >= 0.6 is 11.3 Å².